The van der Waals surface area contributed by atoms with Gasteiger partial charge in [0.25, 0.3) is 5.69 Å². The highest BCUT2D eigenvalue weighted by Crippen LogP contribution is 2.30. The van der Waals surface area contributed by atoms with Gasteiger partial charge in [0.15, 0.2) is 5.41 Å². The van der Waals surface area contributed by atoms with Crippen LogP contribution in [0.3, 0.4) is 0 Å². The number of nitrogens with zero attached hydrogens (tertiary/aromatic N) is 1. The predicted molar refractivity (Wildman–Crippen MR) is 73.8 cm³/mol. The van der Waals surface area contributed by atoms with Crippen molar-refractivity contribution < 1.29 is 24.4 Å². The van der Waals surface area contributed by atoms with E-state index in [-0.39, 0.29) is 25.1 Å². The number of hydrogen-bond acceptors (Lipinski definition) is 5. The van der Waals surface area contributed by atoms with Crippen molar-refractivity contribution in [1.29, 1.82) is 0 Å². The fraction of sp³-hybridized carbons (Fsp3) is 0.429. The van der Waals surface area contributed by atoms with Gasteiger partial charge in [-0.1, -0.05) is 19.1 Å². The fourth-order valence-electron chi connectivity index (χ4n) is 2.01. The average Bonchev–Trinajstić information content (AvgIpc) is 2.45. The maximum absolute atomic E-state index is 12.0. The number of hydrogen-bond donors (Lipinski definition) is 1. The van der Waals surface area contributed by atoms with Gasteiger partial charge >= 0.3 is 11.9 Å². The van der Waals surface area contributed by atoms with E-state index in [4.69, 9.17) is 4.74 Å². The van der Waals surface area contributed by atoms with E-state index in [1.807, 2.05) is 0 Å². The number of carboxylic acids is 1. The number of esters is 1. The zero-order valence-corrected chi connectivity index (χ0v) is 11.9. The van der Waals surface area contributed by atoms with Crippen molar-refractivity contribution in [3.8, 4) is 0 Å². The maximum Gasteiger partial charge on any atom is 0.323 e. The molecule has 0 heterocycles. The van der Waals surface area contributed by atoms with Crippen molar-refractivity contribution in [3.05, 3.63) is 39.9 Å². The Morgan fingerprint density at radius 1 is 1.29 bits per heavy atom. The van der Waals surface area contributed by atoms with Crippen LogP contribution in [0.5, 0.6) is 0 Å². The van der Waals surface area contributed by atoms with Gasteiger partial charge in [-0.25, -0.2) is 0 Å². The summed E-state index contributed by atoms with van der Waals surface area (Å²) in [6.45, 7) is 3.29. The summed E-state index contributed by atoms with van der Waals surface area (Å²) in [6, 6.07) is 5.46. The Hall–Kier alpha value is -2.44. The van der Waals surface area contributed by atoms with Gasteiger partial charge < -0.3 is 9.84 Å². The second kappa shape index (κ2) is 6.83. The monoisotopic (exact) mass is 295 g/mol. The van der Waals surface area contributed by atoms with E-state index in [0.717, 1.165) is 0 Å². The second-order valence-corrected chi connectivity index (χ2v) is 4.56. The van der Waals surface area contributed by atoms with Gasteiger partial charge in [0, 0.05) is 12.1 Å². The summed E-state index contributed by atoms with van der Waals surface area (Å²) in [6.07, 6.45) is -0.00614. The van der Waals surface area contributed by atoms with Gasteiger partial charge in [0.05, 0.1) is 11.5 Å². The summed E-state index contributed by atoms with van der Waals surface area (Å²) >= 11 is 0. The first kappa shape index (κ1) is 16.6. The molecule has 7 heteroatoms. The van der Waals surface area contributed by atoms with E-state index < -0.39 is 22.3 Å². The highest BCUT2D eigenvalue weighted by atomic mass is 16.6. The Labute approximate surface area is 121 Å². The highest BCUT2D eigenvalue weighted by molar-refractivity contribution is 5.99. The van der Waals surface area contributed by atoms with Crippen LogP contribution in [0.2, 0.25) is 0 Å². The zero-order valence-electron chi connectivity index (χ0n) is 11.9. The Morgan fingerprint density at radius 3 is 2.24 bits per heavy atom. The highest BCUT2D eigenvalue weighted by Gasteiger charge is 2.46. The number of ether oxygens (including phenoxy) is 1. The lowest BCUT2D eigenvalue weighted by molar-refractivity contribution is -0.384. The van der Waals surface area contributed by atoms with E-state index in [9.17, 15) is 24.8 Å². The van der Waals surface area contributed by atoms with Gasteiger partial charge in [0.2, 0.25) is 0 Å². The van der Waals surface area contributed by atoms with E-state index in [0.29, 0.717) is 5.56 Å². The van der Waals surface area contributed by atoms with Crippen molar-refractivity contribution in [2.24, 2.45) is 5.41 Å². The minimum absolute atomic E-state index is 0.0676. The van der Waals surface area contributed by atoms with Crippen LogP contribution >= 0.6 is 0 Å². The molecular formula is C14H17NO6. The van der Waals surface area contributed by atoms with Crippen LogP contribution in [0.1, 0.15) is 25.8 Å². The lowest BCUT2D eigenvalue weighted by atomic mass is 9.79. The number of carbonyl (C=O) groups is 2. The Bertz CT molecular complexity index is 539. The Morgan fingerprint density at radius 2 is 1.86 bits per heavy atom. The number of rotatable bonds is 7. The molecule has 0 radical (unpaired) electrons. The summed E-state index contributed by atoms with van der Waals surface area (Å²) in [5.41, 5.74) is -1.24. The van der Waals surface area contributed by atoms with Crippen LogP contribution < -0.4 is 0 Å². The predicted octanol–water partition coefficient (Wildman–Crippen LogP) is 2.18. The first-order chi connectivity index (χ1) is 9.87. The third-order valence-corrected chi connectivity index (χ3v) is 3.33. The third kappa shape index (κ3) is 3.56. The maximum atomic E-state index is 12.0. The molecule has 0 aliphatic rings. The molecule has 0 spiro atoms. The number of non-ortho nitro benzene ring substituents is 1. The van der Waals surface area contributed by atoms with Gasteiger partial charge in [-0.2, -0.15) is 0 Å². The Balaban J connectivity index is 3.09. The lowest BCUT2D eigenvalue weighted by Crippen LogP contribution is -2.42. The van der Waals surface area contributed by atoms with E-state index in [2.05, 4.69) is 0 Å². The molecule has 1 aromatic carbocycles. The molecule has 1 atom stereocenters. The molecular weight excluding hydrogens is 278 g/mol. The smallest absolute Gasteiger partial charge is 0.323 e. The van der Waals surface area contributed by atoms with Crippen LogP contribution in [0.15, 0.2) is 24.3 Å². The quantitative estimate of drug-likeness (QED) is 0.357. The Kier molecular flexibility index (Phi) is 5.40. The van der Waals surface area contributed by atoms with Crippen molar-refractivity contribution in [1.82, 2.24) is 0 Å². The van der Waals surface area contributed by atoms with Crippen LogP contribution in [0.25, 0.3) is 0 Å². The lowest BCUT2D eigenvalue weighted by Gasteiger charge is -2.25. The van der Waals surface area contributed by atoms with Crippen LogP contribution in [0.4, 0.5) is 5.69 Å². The summed E-state index contributed by atoms with van der Waals surface area (Å²) in [5, 5.41) is 20.0. The van der Waals surface area contributed by atoms with E-state index in [1.54, 1.807) is 13.8 Å². The van der Waals surface area contributed by atoms with Gasteiger partial charge in [-0.15, -0.1) is 0 Å². The molecule has 1 unspecified atom stereocenters. The van der Waals surface area contributed by atoms with E-state index >= 15 is 0 Å². The van der Waals surface area contributed by atoms with Crippen molar-refractivity contribution in [2.75, 3.05) is 6.61 Å². The molecule has 1 N–H and O–H groups in total. The fourth-order valence-corrected chi connectivity index (χ4v) is 2.01. The van der Waals surface area contributed by atoms with Crippen LogP contribution in [0, 0.1) is 15.5 Å². The van der Waals surface area contributed by atoms with Crippen molar-refractivity contribution in [2.45, 2.75) is 26.7 Å². The number of nitro groups is 1. The summed E-state index contributed by atoms with van der Waals surface area (Å²) in [5.74, 6) is -2.06. The topological polar surface area (TPSA) is 107 Å². The first-order valence-electron chi connectivity index (χ1n) is 6.51. The van der Waals surface area contributed by atoms with Gasteiger partial charge in [-0.3, -0.25) is 19.7 Å². The molecule has 21 heavy (non-hydrogen) atoms. The van der Waals surface area contributed by atoms with Crippen LogP contribution in [-0.4, -0.2) is 28.6 Å². The molecule has 114 valence electrons. The van der Waals surface area contributed by atoms with Crippen LogP contribution in [-0.2, 0) is 20.7 Å². The molecule has 1 rings (SSSR count). The normalized spacial score (nSPS) is 13.2. The van der Waals surface area contributed by atoms with Gasteiger partial charge in [-0.05, 0) is 25.3 Å². The number of benzene rings is 1. The summed E-state index contributed by atoms with van der Waals surface area (Å²) in [4.78, 5) is 33.6. The first-order valence-corrected chi connectivity index (χ1v) is 6.51. The molecule has 0 amide bonds. The SMILES string of the molecule is CCOC(=O)C(CC)(Cc1ccc([N+](=O)[O-])cc1)C(=O)O. The summed E-state index contributed by atoms with van der Waals surface area (Å²) < 4.78 is 4.87. The largest absolute Gasteiger partial charge is 0.480 e. The zero-order chi connectivity index (χ0) is 16.0. The molecule has 0 saturated carbocycles. The minimum Gasteiger partial charge on any atom is -0.480 e. The molecule has 0 aliphatic heterocycles. The average molecular weight is 295 g/mol. The molecule has 0 saturated heterocycles. The second-order valence-electron chi connectivity index (χ2n) is 4.56. The van der Waals surface area contributed by atoms with Crippen molar-refractivity contribution in [3.63, 3.8) is 0 Å². The molecule has 7 nitrogen and oxygen atoms in total. The number of aliphatic carboxylic acids is 1. The number of carbonyl (C=O) groups excluding carboxylic acids is 1. The minimum atomic E-state index is -1.67. The van der Waals surface area contributed by atoms with E-state index in [1.165, 1.54) is 24.3 Å². The molecule has 0 aliphatic carbocycles. The summed E-state index contributed by atoms with van der Waals surface area (Å²) in [7, 11) is 0. The van der Waals surface area contributed by atoms with Gasteiger partial charge in [0.1, 0.15) is 0 Å². The third-order valence-electron chi connectivity index (χ3n) is 3.33. The molecule has 0 bridgehead atoms. The standard InChI is InChI=1S/C14H17NO6/c1-3-14(12(16)17,13(18)21-4-2)9-10-5-7-11(8-6-10)15(19)20/h5-8H,3-4,9H2,1-2H3,(H,16,17). The molecule has 0 aromatic heterocycles. The molecule has 1 aromatic rings. The number of nitro benzene ring substituents is 1. The van der Waals surface area contributed by atoms with Crippen molar-refractivity contribution >= 4 is 17.6 Å². The number of carboxylic acid groups (broad SMARTS) is 1. The molecule has 0 fully saturated rings.